The van der Waals surface area contributed by atoms with Crippen molar-refractivity contribution in [1.29, 1.82) is 0 Å². The highest BCUT2D eigenvalue weighted by molar-refractivity contribution is 7.26. The molecule has 0 radical (unpaired) electrons. The van der Waals surface area contributed by atoms with Crippen molar-refractivity contribution in [2.45, 2.75) is 0 Å². The van der Waals surface area contributed by atoms with Gasteiger partial charge in [0.2, 0.25) is 0 Å². The third-order valence-electron chi connectivity index (χ3n) is 21.7. The maximum Gasteiger partial charge on any atom is 0.164 e. The summed E-state index contributed by atoms with van der Waals surface area (Å²) in [6.07, 6.45) is 0. The van der Waals surface area contributed by atoms with E-state index in [0.29, 0.717) is 80.1 Å². The van der Waals surface area contributed by atoms with Gasteiger partial charge in [-0.1, -0.05) is 249 Å². The maximum absolute atomic E-state index is 7.24. The van der Waals surface area contributed by atoms with Crippen LogP contribution in [-0.2, 0) is 0 Å². The van der Waals surface area contributed by atoms with Crippen LogP contribution in [0.15, 0.2) is 333 Å². The van der Waals surface area contributed by atoms with Crippen molar-refractivity contribution < 1.29 is 17.7 Å². The average molecular weight is 1500 g/mol. The molecule has 16 heteroatoms. The van der Waals surface area contributed by atoms with E-state index in [2.05, 4.69) is 152 Å². The molecule has 530 valence electrons. The van der Waals surface area contributed by atoms with Crippen LogP contribution in [0, 0.1) is 0 Å². The number of aromatic nitrogens is 10. The summed E-state index contributed by atoms with van der Waals surface area (Å²) in [5.41, 5.74) is 18.9. The molecule has 0 saturated heterocycles. The zero-order chi connectivity index (χ0) is 74.6. The van der Waals surface area contributed by atoms with E-state index >= 15 is 0 Å². The molecule has 0 amide bonds. The summed E-state index contributed by atoms with van der Waals surface area (Å²) < 4.78 is 31.9. The highest BCUT2D eigenvalue weighted by atomic mass is 32.1. The SMILES string of the molecule is c1ccc(-c2nc(-c3ccccc3)nc(-c3cccc4oc5c(-c6nc(-c7cccc8c7oc7cccc(-c9ccccc9-c9nc(-c%10ccccc%10)nc(-c%10cccc%11oc%12c(-c%13nc(-c%14ccc%15c(c%14)oc%14ccccc%14%15)c%14sc%15ccccc%15c%14n%13)cccc%12c%10%11)n9)c78)c7sc8ccccc8c7n6)cccc5c34)n2)cc1. The summed E-state index contributed by atoms with van der Waals surface area (Å²) >= 11 is 3.36. The van der Waals surface area contributed by atoms with E-state index in [1.54, 1.807) is 22.7 Å². The van der Waals surface area contributed by atoms with Crippen LogP contribution in [0.4, 0.5) is 0 Å². The predicted molar refractivity (Wildman–Crippen MR) is 459 cm³/mol. The Morgan fingerprint density at radius 2 is 0.544 bits per heavy atom. The molecular weight excluding hydrogens is 1450 g/mol. The van der Waals surface area contributed by atoms with Gasteiger partial charge < -0.3 is 17.7 Å². The Morgan fingerprint density at radius 1 is 0.193 bits per heavy atom. The molecule has 10 heterocycles. The van der Waals surface area contributed by atoms with Gasteiger partial charge in [-0.05, 0) is 77.9 Å². The van der Waals surface area contributed by atoms with Gasteiger partial charge in [0.25, 0.3) is 0 Å². The van der Waals surface area contributed by atoms with Gasteiger partial charge in [-0.3, -0.25) is 0 Å². The van der Waals surface area contributed by atoms with Crippen molar-refractivity contribution in [1.82, 2.24) is 49.8 Å². The zero-order valence-electron chi connectivity index (χ0n) is 59.9. The molecule has 0 aliphatic rings. The van der Waals surface area contributed by atoms with Crippen LogP contribution in [0.25, 0.3) is 253 Å². The first-order valence-electron chi connectivity index (χ1n) is 37.4. The van der Waals surface area contributed by atoms with E-state index in [-0.39, 0.29) is 0 Å². The molecule has 0 saturated carbocycles. The molecule has 0 aliphatic heterocycles. The number of fused-ring (bicyclic) bond motifs is 18. The lowest BCUT2D eigenvalue weighted by atomic mass is 9.94. The average Bonchev–Trinajstić information content (AvgIpc) is 1.56. The first-order valence-corrected chi connectivity index (χ1v) is 39.0. The number of thiophene rings is 2. The second-order valence-electron chi connectivity index (χ2n) is 28.3. The Morgan fingerprint density at radius 3 is 1.09 bits per heavy atom. The second-order valence-corrected chi connectivity index (χ2v) is 30.4. The first-order chi connectivity index (χ1) is 56.5. The number of hydrogen-bond acceptors (Lipinski definition) is 16. The fourth-order valence-corrected chi connectivity index (χ4v) is 18.8. The molecule has 24 rings (SSSR count). The van der Waals surface area contributed by atoms with E-state index in [1.807, 2.05) is 164 Å². The monoisotopic (exact) mass is 1500 g/mol. The Hall–Kier alpha value is -15.1. The molecule has 114 heavy (non-hydrogen) atoms. The maximum atomic E-state index is 7.24. The van der Waals surface area contributed by atoms with E-state index in [4.69, 9.17) is 67.5 Å². The molecule has 14 nitrogen and oxygen atoms in total. The fourth-order valence-electron chi connectivity index (χ4n) is 16.5. The van der Waals surface area contributed by atoms with Gasteiger partial charge in [0.1, 0.15) is 44.7 Å². The van der Waals surface area contributed by atoms with Crippen LogP contribution in [0.2, 0.25) is 0 Å². The van der Waals surface area contributed by atoms with Crippen molar-refractivity contribution in [3.8, 4) is 125 Å². The van der Waals surface area contributed by atoms with Crippen LogP contribution < -0.4 is 0 Å². The number of benzene rings is 14. The standard InChI is InChI=1S/C98H52N10O4S2/c1-4-24-53(25-5-1)91-103-92(54-26-6-2-7-27-54)106-95(105-91)67-39-22-46-74-80(67)65-38-20-43-71(88(65)112-74)98-101-84-63-34-14-17-49-78(63)114-90(84)85(102-98)69-41-18-36-64-79-60(35-21-45-73(79)110-86(64)69)57-30-10-11-32-61(57)94-104-93(55-28-8-3-9-29-55)107-96(108-94)68-40-23-47-75-81(68)66-37-19-42-70(87(66)111-75)97-99-82(89-83(100-97)62-33-13-16-48-77(62)113-89)56-50-51-59-58-31-12-15-44-72(58)109-76(59)52-56/h1-52H. The van der Waals surface area contributed by atoms with Crippen molar-refractivity contribution in [2.75, 3.05) is 0 Å². The lowest BCUT2D eigenvalue weighted by Gasteiger charge is -2.13. The smallest absolute Gasteiger partial charge is 0.164 e. The quantitative estimate of drug-likeness (QED) is 0.119. The normalized spacial score (nSPS) is 12.0. The third-order valence-corrected chi connectivity index (χ3v) is 24.0. The first kappa shape index (κ1) is 63.8. The van der Waals surface area contributed by atoms with Crippen molar-refractivity contribution >= 4 is 151 Å². The van der Waals surface area contributed by atoms with E-state index < -0.39 is 0 Å². The minimum absolute atomic E-state index is 0.475. The molecule has 0 spiro atoms. The Labute approximate surface area is 654 Å². The number of furan rings is 4. The van der Waals surface area contributed by atoms with Crippen molar-refractivity contribution in [3.63, 3.8) is 0 Å². The molecule has 0 unspecified atom stereocenters. The summed E-state index contributed by atoms with van der Waals surface area (Å²) in [4.78, 5) is 53.7. The van der Waals surface area contributed by atoms with Crippen LogP contribution in [0.3, 0.4) is 0 Å². The molecule has 0 N–H and O–H groups in total. The highest BCUT2D eigenvalue weighted by Gasteiger charge is 2.29. The molecule has 0 bridgehead atoms. The van der Waals surface area contributed by atoms with Gasteiger partial charge >= 0.3 is 0 Å². The molecule has 0 aliphatic carbocycles. The molecular formula is C98H52N10O4S2. The van der Waals surface area contributed by atoms with Gasteiger partial charge in [-0.15, -0.1) is 22.7 Å². The van der Waals surface area contributed by atoms with E-state index in [0.717, 1.165) is 173 Å². The van der Waals surface area contributed by atoms with Gasteiger partial charge in [-0.2, -0.15) is 0 Å². The Kier molecular flexibility index (Phi) is 14.1. The summed E-state index contributed by atoms with van der Waals surface area (Å²) in [7, 11) is 0. The summed E-state index contributed by atoms with van der Waals surface area (Å²) in [6.45, 7) is 0. The zero-order valence-corrected chi connectivity index (χ0v) is 61.6. The minimum Gasteiger partial charge on any atom is -0.456 e. The van der Waals surface area contributed by atoms with Crippen molar-refractivity contribution in [3.05, 3.63) is 315 Å². The molecule has 10 aromatic heterocycles. The van der Waals surface area contributed by atoms with E-state index in [1.165, 1.54) is 0 Å². The topological polar surface area (TPSA) is 181 Å². The predicted octanol–water partition coefficient (Wildman–Crippen LogP) is 26.3. The summed E-state index contributed by atoms with van der Waals surface area (Å²) in [5.74, 6) is 4.17. The second kappa shape index (κ2) is 25.2. The van der Waals surface area contributed by atoms with Gasteiger partial charge in [0.05, 0.1) is 42.9 Å². The summed E-state index contributed by atoms with van der Waals surface area (Å²) in [5, 5.41) is 9.48. The lowest BCUT2D eigenvalue weighted by Crippen LogP contribution is -2.01. The fraction of sp³-hybridized carbons (Fsp3) is 0. The van der Waals surface area contributed by atoms with Crippen molar-refractivity contribution in [2.24, 2.45) is 0 Å². The molecule has 0 atom stereocenters. The molecule has 14 aromatic carbocycles. The number of rotatable bonds is 11. The Balaban J connectivity index is 0.643. The van der Waals surface area contributed by atoms with Gasteiger partial charge in [-0.25, -0.2) is 49.8 Å². The highest BCUT2D eigenvalue weighted by Crippen LogP contribution is 2.50. The largest absolute Gasteiger partial charge is 0.456 e. The number of hydrogen-bond donors (Lipinski definition) is 0. The van der Waals surface area contributed by atoms with Crippen LogP contribution in [0.1, 0.15) is 0 Å². The third kappa shape index (κ3) is 10.0. The summed E-state index contributed by atoms with van der Waals surface area (Å²) in [6, 6.07) is 107. The Bertz CT molecular complexity index is 8090. The molecule has 24 aromatic rings. The van der Waals surface area contributed by atoms with Crippen LogP contribution >= 0.6 is 22.7 Å². The minimum atomic E-state index is 0.475. The van der Waals surface area contributed by atoms with Gasteiger partial charge in [0.15, 0.2) is 46.6 Å². The van der Waals surface area contributed by atoms with Gasteiger partial charge in [0, 0.05) is 108 Å². The molecule has 0 fully saturated rings. The lowest BCUT2D eigenvalue weighted by molar-refractivity contribution is 0.668. The number of para-hydroxylation sites is 4. The number of nitrogens with zero attached hydrogens (tertiary/aromatic N) is 10. The van der Waals surface area contributed by atoms with Crippen LogP contribution in [0.5, 0.6) is 0 Å². The van der Waals surface area contributed by atoms with E-state index in [9.17, 15) is 0 Å². The van der Waals surface area contributed by atoms with Crippen LogP contribution in [-0.4, -0.2) is 49.8 Å².